The molecule has 0 aliphatic carbocycles. The molecule has 0 aliphatic heterocycles. The standard InChI is InChI=1S/C34H36N2O2S2/c1-33(27-15-7-3-8-16-27,28-17-9-4-10-18-28)31(37)35-23-25-39-40-26-24-36-32(38)34(2,29-19-11-5-12-20-29)30-21-13-6-14-22-30/h3-22H,23-26H2,1-2H3,(H,35,37)(H,36,38). The summed E-state index contributed by atoms with van der Waals surface area (Å²) in [5.74, 6) is 1.53. The average molecular weight is 569 g/mol. The lowest BCUT2D eigenvalue weighted by molar-refractivity contribution is -0.125. The third-order valence-electron chi connectivity index (χ3n) is 7.34. The lowest BCUT2D eigenvalue weighted by Gasteiger charge is -2.30. The third kappa shape index (κ3) is 6.80. The molecule has 0 aliphatic rings. The summed E-state index contributed by atoms with van der Waals surface area (Å²) >= 11 is 0. The van der Waals surface area contributed by atoms with Crippen molar-refractivity contribution in [2.75, 3.05) is 24.6 Å². The van der Waals surface area contributed by atoms with Crippen LogP contribution < -0.4 is 10.6 Å². The number of hydrogen-bond donors (Lipinski definition) is 2. The van der Waals surface area contributed by atoms with E-state index in [-0.39, 0.29) is 11.8 Å². The van der Waals surface area contributed by atoms with Gasteiger partial charge in [0, 0.05) is 24.6 Å². The second-order valence-corrected chi connectivity index (χ2v) is 12.6. The Hall–Kier alpha value is -3.48. The van der Waals surface area contributed by atoms with Crippen molar-refractivity contribution in [2.24, 2.45) is 0 Å². The Morgan fingerprint density at radius 3 is 1.00 bits per heavy atom. The van der Waals surface area contributed by atoms with Crippen molar-refractivity contribution < 1.29 is 9.59 Å². The van der Waals surface area contributed by atoms with E-state index in [2.05, 4.69) is 10.6 Å². The lowest BCUT2D eigenvalue weighted by Crippen LogP contribution is -2.44. The summed E-state index contributed by atoms with van der Waals surface area (Å²) in [5, 5.41) is 6.29. The molecular weight excluding hydrogens is 533 g/mol. The fourth-order valence-electron chi connectivity index (χ4n) is 4.83. The van der Waals surface area contributed by atoms with E-state index in [1.54, 1.807) is 21.6 Å². The van der Waals surface area contributed by atoms with Crippen LogP contribution in [0.25, 0.3) is 0 Å². The highest BCUT2D eigenvalue weighted by atomic mass is 33.1. The molecule has 0 heterocycles. The monoisotopic (exact) mass is 568 g/mol. The molecule has 6 heteroatoms. The van der Waals surface area contributed by atoms with Gasteiger partial charge >= 0.3 is 0 Å². The summed E-state index contributed by atoms with van der Waals surface area (Å²) in [7, 11) is 3.40. The van der Waals surface area contributed by atoms with Gasteiger partial charge in [0.2, 0.25) is 11.8 Å². The SMILES string of the molecule is CC(C(=O)NCCSSCCNC(=O)C(C)(c1ccccc1)c1ccccc1)(c1ccccc1)c1ccccc1. The number of rotatable bonds is 13. The molecule has 0 bridgehead atoms. The van der Waals surface area contributed by atoms with Crippen LogP contribution in [0.1, 0.15) is 36.1 Å². The summed E-state index contributed by atoms with van der Waals surface area (Å²) in [4.78, 5) is 26.9. The van der Waals surface area contributed by atoms with Gasteiger partial charge in [-0.1, -0.05) is 143 Å². The van der Waals surface area contributed by atoms with Crippen LogP contribution in [0, 0.1) is 0 Å². The van der Waals surface area contributed by atoms with E-state index in [1.165, 1.54) is 0 Å². The van der Waals surface area contributed by atoms with E-state index in [4.69, 9.17) is 0 Å². The first-order valence-corrected chi connectivity index (χ1v) is 16.0. The maximum absolute atomic E-state index is 13.4. The summed E-state index contributed by atoms with van der Waals surface area (Å²) in [6, 6.07) is 39.7. The Balaban J connectivity index is 1.25. The third-order valence-corrected chi connectivity index (χ3v) is 9.75. The highest BCUT2D eigenvalue weighted by Crippen LogP contribution is 2.33. The molecule has 0 aromatic heterocycles. The highest BCUT2D eigenvalue weighted by molar-refractivity contribution is 8.76. The molecule has 0 unspecified atom stereocenters. The van der Waals surface area contributed by atoms with Gasteiger partial charge in [0.1, 0.15) is 0 Å². The normalized spacial score (nSPS) is 11.6. The van der Waals surface area contributed by atoms with Gasteiger partial charge in [-0.05, 0) is 36.1 Å². The number of nitrogens with one attached hydrogen (secondary N) is 2. The van der Waals surface area contributed by atoms with Crippen LogP contribution in [0.4, 0.5) is 0 Å². The van der Waals surface area contributed by atoms with Crippen molar-refractivity contribution in [3.63, 3.8) is 0 Å². The van der Waals surface area contributed by atoms with Gasteiger partial charge in [-0.15, -0.1) is 0 Å². The smallest absolute Gasteiger partial charge is 0.234 e. The van der Waals surface area contributed by atoms with Crippen molar-refractivity contribution in [3.05, 3.63) is 144 Å². The minimum absolute atomic E-state index is 0.0103. The first-order chi connectivity index (χ1) is 19.5. The van der Waals surface area contributed by atoms with E-state index in [0.717, 1.165) is 33.8 Å². The number of amides is 2. The van der Waals surface area contributed by atoms with Gasteiger partial charge in [-0.25, -0.2) is 0 Å². The maximum atomic E-state index is 13.4. The van der Waals surface area contributed by atoms with E-state index in [0.29, 0.717) is 13.1 Å². The number of carbonyl (C=O) groups excluding carboxylic acids is 2. The van der Waals surface area contributed by atoms with Crippen molar-refractivity contribution >= 4 is 33.4 Å². The Morgan fingerprint density at radius 2 is 0.750 bits per heavy atom. The van der Waals surface area contributed by atoms with Crippen LogP contribution in [-0.4, -0.2) is 36.4 Å². The maximum Gasteiger partial charge on any atom is 0.234 e. The molecule has 206 valence electrons. The summed E-state index contributed by atoms with van der Waals surface area (Å²) in [5.41, 5.74) is 2.33. The molecule has 4 aromatic rings. The van der Waals surface area contributed by atoms with Gasteiger partial charge < -0.3 is 10.6 Å². The highest BCUT2D eigenvalue weighted by Gasteiger charge is 2.37. The summed E-state index contributed by atoms with van der Waals surface area (Å²) in [6.07, 6.45) is 0. The van der Waals surface area contributed by atoms with Gasteiger partial charge in [0.05, 0.1) is 10.8 Å². The second-order valence-electron chi connectivity index (χ2n) is 9.87. The van der Waals surface area contributed by atoms with Gasteiger partial charge in [0.25, 0.3) is 0 Å². The molecule has 2 N–H and O–H groups in total. The first kappa shape index (κ1) is 29.5. The number of hydrogen-bond acceptors (Lipinski definition) is 4. The minimum atomic E-state index is -0.769. The molecule has 0 spiro atoms. The second kappa shape index (κ2) is 14.2. The Morgan fingerprint density at radius 1 is 0.500 bits per heavy atom. The molecule has 4 rings (SSSR count). The molecule has 2 amide bonds. The minimum Gasteiger partial charge on any atom is -0.354 e. The zero-order valence-corrected chi connectivity index (χ0v) is 24.6. The van der Waals surface area contributed by atoms with E-state index < -0.39 is 10.8 Å². The predicted octanol–water partition coefficient (Wildman–Crippen LogP) is 6.61. The van der Waals surface area contributed by atoms with E-state index >= 15 is 0 Å². The Labute approximate surface area is 245 Å². The van der Waals surface area contributed by atoms with Gasteiger partial charge in [-0.2, -0.15) is 0 Å². The molecule has 0 saturated carbocycles. The van der Waals surface area contributed by atoms with Gasteiger partial charge in [-0.3, -0.25) is 9.59 Å². The van der Waals surface area contributed by atoms with Crippen LogP contribution in [-0.2, 0) is 20.4 Å². The number of carbonyl (C=O) groups is 2. The summed E-state index contributed by atoms with van der Waals surface area (Å²) < 4.78 is 0. The van der Waals surface area contributed by atoms with Crippen LogP contribution >= 0.6 is 21.6 Å². The molecule has 4 nitrogen and oxygen atoms in total. The fraction of sp³-hybridized carbons (Fsp3) is 0.235. The Bertz CT molecular complexity index is 1160. The van der Waals surface area contributed by atoms with Crippen LogP contribution in [0.15, 0.2) is 121 Å². The number of benzene rings is 4. The van der Waals surface area contributed by atoms with Gasteiger partial charge in [0.15, 0.2) is 0 Å². The molecule has 0 fully saturated rings. The molecule has 0 radical (unpaired) electrons. The molecule has 40 heavy (non-hydrogen) atoms. The largest absolute Gasteiger partial charge is 0.354 e. The van der Waals surface area contributed by atoms with Crippen molar-refractivity contribution in [3.8, 4) is 0 Å². The topological polar surface area (TPSA) is 58.2 Å². The van der Waals surface area contributed by atoms with Crippen molar-refractivity contribution in [1.29, 1.82) is 0 Å². The average Bonchev–Trinajstić information content (AvgIpc) is 3.03. The zero-order valence-electron chi connectivity index (χ0n) is 23.0. The van der Waals surface area contributed by atoms with Crippen molar-refractivity contribution in [1.82, 2.24) is 10.6 Å². The first-order valence-electron chi connectivity index (χ1n) is 13.5. The van der Waals surface area contributed by atoms with Crippen LogP contribution in [0.3, 0.4) is 0 Å². The quantitative estimate of drug-likeness (QED) is 0.141. The summed E-state index contributed by atoms with van der Waals surface area (Å²) in [6.45, 7) is 5.10. The zero-order chi connectivity index (χ0) is 28.3. The molecule has 0 saturated heterocycles. The lowest BCUT2D eigenvalue weighted by atomic mass is 9.75. The molecule has 4 aromatic carbocycles. The van der Waals surface area contributed by atoms with E-state index in [9.17, 15) is 9.59 Å². The van der Waals surface area contributed by atoms with Crippen LogP contribution in [0.2, 0.25) is 0 Å². The Kier molecular flexibility index (Phi) is 10.5. The van der Waals surface area contributed by atoms with Crippen molar-refractivity contribution in [2.45, 2.75) is 24.7 Å². The molecular formula is C34H36N2O2S2. The van der Waals surface area contributed by atoms with E-state index in [1.807, 2.05) is 135 Å². The van der Waals surface area contributed by atoms with Crippen LogP contribution in [0.5, 0.6) is 0 Å². The molecule has 0 atom stereocenters. The predicted molar refractivity (Wildman–Crippen MR) is 170 cm³/mol. The fourth-order valence-corrected chi connectivity index (χ4v) is 6.64.